The number of nitrogens with zero attached hydrogens (tertiary/aromatic N) is 1. The minimum absolute atomic E-state index is 0.261. The molecule has 0 radical (unpaired) electrons. The van der Waals surface area contributed by atoms with Gasteiger partial charge in [0.05, 0.1) is 12.9 Å². The Morgan fingerprint density at radius 2 is 2.17 bits per heavy atom. The zero-order valence-electron chi connectivity index (χ0n) is 12.5. The van der Waals surface area contributed by atoms with Gasteiger partial charge in [0.15, 0.2) is 6.61 Å². The third-order valence-electron chi connectivity index (χ3n) is 2.98. The smallest absolute Gasteiger partial charge is 0.341 e. The third kappa shape index (κ3) is 4.51. The minimum Gasteiger partial charge on any atom is -0.480 e. The molecule has 1 N–H and O–H groups in total. The van der Waals surface area contributed by atoms with Gasteiger partial charge >= 0.3 is 5.97 Å². The van der Waals surface area contributed by atoms with Gasteiger partial charge in [0.25, 0.3) is 11.1 Å². The van der Waals surface area contributed by atoms with Crippen LogP contribution in [0.15, 0.2) is 21.5 Å². The number of carboxylic acid groups (broad SMARTS) is 1. The second-order valence-corrected chi connectivity index (χ2v) is 7.84. The first kappa shape index (κ1) is 19.3. The van der Waals surface area contributed by atoms with Crippen LogP contribution in [0.4, 0.5) is 4.79 Å². The van der Waals surface area contributed by atoms with E-state index in [9.17, 15) is 14.4 Å². The van der Waals surface area contributed by atoms with Crippen molar-refractivity contribution in [2.24, 2.45) is 0 Å². The largest absolute Gasteiger partial charge is 0.480 e. The average Bonchev–Trinajstić information content (AvgIpc) is 2.74. The molecule has 0 bridgehead atoms. The van der Waals surface area contributed by atoms with Gasteiger partial charge in [0.1, 0.15) is 5.75 Å². The van der Waals surface area contributed by atoms with E-state index in [1.165, 1.54) is 4.90 Å². The zero-order chi connectivity index (χ0) is 17.9. The van der Waals surface area contributed by atoms with Crippen molar-refractivity contribution in [2.45, 2.75) is 13.3 Å². The first-order valence-electron chi connectivity index (χ1n) is 6.92. The molecule has 1 aromatic carbocycles. The van der Waals surface area contributed by atoms with Crippen LogP contribution in [0.1, 0.15) is 18.9 Å². The van der Waals surface area contributed by atoms with E-state index in [4.69, 9.17) is 9.84 Å². The molecule has 1 heterocycles. The molecule has 2 rings (SSSR count). The molecule has 1 aromatic rings. The lowest BCUT2D eigenvalue weighted by Gasteiger charge is -2.10. The monoisotopic (exact) mass is 525 g/mol. The van der Waals surface area contributed by atoms with Gasteiger partial charge in [-0.2, -0.15) is 0 Å². The summed E-state index contributed by atoms with van der Waals surface area (Å²) in [6.07, 6.45) is 2.36. The summed E-state index contributed by atoms with van der Waals surface area (Å²) in [5.74, 6) is -0.926. The number of benzene rings is 1. The molecule has 0 aromatic heterocycles. The minimum atomic E-state index is -1.06. The number of carbonyl (C=O) groups is 3. The van der Waals surface area contributed by atoms with Crippen molar-refractivity contribution in [3.8, 4) is 5.75 Å². The van der Waals surface area contributed by atoms with Gasteiger partial charge in [-0.25, -0.2) is 4.79 Å². The van der Waals surface area contributed by atoms with Gasteiger partial charge in [-0.15, -0.1) is 0 Å². The summed E-state index contributed by atoms with van der Waals surface area (Å²) in [6, 6.07) is 3.48. The predicted molar refractivity (Wildman–Crippen MR) is 103 cm³/mol. The molecular formula is C15H13BrINO5S. The molecule has 0 saturated carbocycles. The summed E-state index contributed by atoms with van der Waals surface area (Å²) >= 11 is 6.28. The van der Waals surface area contributed by atoms with E-state index in [1.807, 2.05) is 29.5 Å². The van der Waals surface area contributed by atoms with Crippen LogP contribution in [0.25, 0.3) is 6.08 Å². The number of aliphatic carboxylic acids is 1. The highest BCUT2D eigenvalue weighted by molar-refractivity contribution is 14.1. The normalized spacial score (nSPS) is 16.1. The van der Waals surface area contributed by atoms with E-state index in [0.29, 0.717) is 31.7 Å². The van der Waals surface area contributed by atoms with E-state index >= 15 is 0 Å². The molecule has 0 spiro atoms. The molecule has 6 nitrogen and oxygen atoms in total. The SMILES string of the molecule is CCCN1C(=O)S/C(=C/c2cc(Br)c(OCC(=O)O)c(I)c2)C1=O. The van der Waals surface area contributed by atoms with Gasteiger partial charge in [-0.1, -0.05) is 6.92 Å². The van der Waals surface area contributed by atoms with Crippen LogP contribution in [0.2, 0.25) is 0 Å². The lowest BCUT2D eigenvalue weighted by Crippen LogP contribution is -2.28. The van der Waals surface area contributed by atoms with E-state index in [0.717, 1.165) is 17.3 Å². The number of carboxylic acids is 1. The standard InChI is InChI=1S/C15H13BrINO5S/c1-2-3-18-14(21)11(24-15(18)22)6-8-4-9(16)13(10(17)5-8)23-7-12(19)20/h4-6H,2-3,7H2,1H3,(H,19,20)/b11-6+. The van der Waals surface area contributed by atoms with Crippen LogP contribution in [0.3, 0.4) is 0 Å². The van der Waals surface area contributed by atoms with E-state index in [-0.39, 0.29) is 11.1 Å². The molecule has 2 amide bonds. The molecule has 1 aliphatic rings. The summed E-state index contributed by atoms with van der Waals surface area (Å²) in [6.45, 7) is 1.87. The predicted octanol–water partition coefficient (Wildman–Crippen LogP) is 3.96. The number of carbonyl (C=O) groups excluding carboxylic acids is 2. The molecule has 1 saturated heterocycles. The van der Waals surface area contributed by atoms with Crippen LogP contribution in [-0.2, 0) is 9.59 Å². The van der Waals surface area contributed by atoms with Gasteiger partial charge in [0, 0.05) is 6.54 Å². The number of rotatable bonds is 6. The Morgan fingerprint density at radius 3 is 2.75 bits per heavy atom. The Balaban J connectivity index is 2.26. The lowest BCUT2D eigenvalue weighted by atomic mass is 10.2. The molecule has 128 valence electrons. The quantitative estimate of drug-likeness (QED) is 0.447. The number of hydrogen-bond acceptors (Lipinski definition) is 5. The average molecular weight is 526 g/mol. The number of ether oxygens (including phenoxy) is 1. The topological polar surface area (TPSA) is 83.9 Å². The Kier molecular flexibility index (Phi) is 6.70. The van der Waals surface area contributed by atoms with Crippen LogP contribution < -0.4 is 4.74 Å². The second kappa shape index (κ2) is 8.34. The highest BCUT2D eigenvalue weighted by atomic mass is 127. The van der Waals surface area contributed by atoms with Crippen molar-refractivity contribution in [1.29, 1.82) is 0 Å². The van der Waals surface area contributed by atoms with Crippen molar-refractivity contribution >= 4 is 73.5 Å². The second-order valence-electron chi connectivity index (χ2n) is 4.83. The molecule has 24 heavy (non-hydrogen) atoms. The Hall–Kier alpha value is -1.07. The Labute approximate surface area is 164 Å². The number of thioether (sulfide) groups is 1. The van der Waals surface area contributed by atoms with E-state index in [2.05, 4.69) is 15.9 Å². The fraction of sp³-hybridized carbons (Fsp3) is 0.267. The highest BCUT2D eigenvalue weighted by Gasteiger charge is 2.34. The molecular weight excluding hydrogens is 513 g/mol. The first-order chi connectivity index (χ1) is 11.3. The number of halogens is 2. The summed E-state index contributed by atoms with van der Waals surface area (Å²) in [7, 11) is 0. The lowest BCUT2D eigenvalue weighted by molar-refractivity contribution is -0.139. The van der Waals surface area contributed by atoms with Crippen LogP contribution >= 0.6 is 50.3 Å². The van der Waals surface area contributed by atoms with Crippen molar-refractivity contribution in [3.05, 3.63) is 30.6 Å². The van der Waals surface area contributed by atoms with Crippen molar-refractivity contribution < 1.29 is 24.2 Å². The van der Waals surface area contributed by atoms with E-state index in [1.54, 1.807) is 18.2 Å². The molecule has 1 aliphatic heterocycles. The zero-order valence-corrected chi connectivity index (χ0v) is 17.1. The van der Waals surface area contributed by atoms with Gasteiger partial charge < -0.3 is 9.84 Å². The molecule has 0 unspecified atom stereocenters. The van der Waals surface area contributed by atoms with Crippen molar-refractivity contribution in [2.75, 3.05) is 13.2 Å². The maximum absolute atomic E-state index is 12.2. The summed E-state index contributed by atoms with van der Waals surface area (Å²) in [5, 5.41) is 8.43. The van der Waals surface area contributed by atoms with Gasteiger partial charge in [0.2, 0.25) is 0 Å². The molecule has 0 atom stereocenters. The van der Waals surface area contributed by atoms with Gasteiger partial charge in [-0.05, 0) is 80.5 Å². The fourth-order valence-corrected chi connectivity index (χ4v) is 4.64. The molecule has 0 aliphatic carbocycles. The maximum atomic E-state index is 12.2. The summed E-state index contributed by atoms with van der Waals surface area (Å²) < 4.78 is 6.51. The first-order valence-corrected chi connectivity index (χ1v) is 9.61. The van der Waals surface area contributed by atoms with Gasteiger partial charge in [-0.3, -0.25) is 14.5 Å². The number of imide groups is 1. The molecule has 9 heteroatoms. The Bertz CT molecular complexity index is 714. The number of hydrogen-bond donors (Lipinski definition) is 1. The third-order valence-corrected chi connectivity index (χ3v) is 5.28. The highest BCUT2D eigenvalue weighted by Crippen LogP contribution is 2.36. The Morgan fingerprint density at radius 1 is 1.46 bits per heavy atom. The fourth-order valence-electron chi connectivity index (χ4n) is 2.00. The summed E-state index contributed by atoms with van der Waals surface area (Å²) in [4.78, 5) is 36.3. The van der Waals surface area contributed by atoms with Crippen LogP contribution in [0, 0.1) is 3.57 Å². The summed E-state index contributed by atoms with van der Waals surface area (Å²) in [5.41, 5.74) is 0.718. The molecule has 1 fully saturated rings. The number of amides is 2. The van der Waals surface area contributed by atoms with Crippen LogP contribution in [0.5, 0.6) is 5.75 Å². The van der Waals surface area contributed by atoms with Crippen molar-refractivity contribution in [3.63, 3.8) is 0 Å². The maximum Gasteiger partial charge on any atom is 0.341 e. The van der Waals surface area contributed by atoms with Crippen LogP contribution in [-0.4, -0.2) is 40.3 Å². The van der Waals surface area contributed by atoms with E-state index < -0.39 is 12.6 Å². The van der Waals surface area contributed by atoms with Crippen molar-refractivity contribution in [1.82, 2.24) is 4.90 Å².